The van der Waals surface area contributed by atoms with Crippen LogP contribution in [0.25, 0.3) is 0 Å². The Bertz CT molecular complexity index is 717. The second-order valence-electron chi connectivity index (χ2n) is 5.47. The number of benzene rings is 2. The zero-order valence-corrected chi connectivity index (χ0v) is 15.1. The number of hydrogen-bond donors (Lipinski definition) is 2. The number of carbonyl (C=O) groups excluding carboxylic acids is 1. The number of halogens is 1. The Labute approximate surface area is 152 Å². The number of para-hydroxylation sites is 2. The van der Waals surface area contributed by atoms with E-state index in [1.165, 1.54) is 0 Å². The van der Waals surface area contributed by atoms with Gasteiger partial charge in [-0.25, -0.2) is 0 Å². The van der Waals surface area contributed by atoms with E-state index < -0.39 is 0 Å². The predicted octanol–water partition coefficient (Wildman–Crippen LogP) is 4.18. The molecule has 126 valence electrons. The van der Waals surface area contributed by atoms with E-state index in [0.29, 0.717) is 16.5 Å². The van der Waals surface area contributed by atoms with Crippen LogP contribution in [0.2, 0.25) is 5.02 Å². The number of amides is 1. The molecule has 0 spiro atoms. The Morgan fingerprint density at radius 2 is 1.83 bits per heavy atom. The fraction of sp³-hybridized carbons (Fsp3) is 0.222. The normalized spacial score (nSPS) is 10.3. The zero-order chi connectivity index (χ0) is 17.5. The van der Waals surface area contributed by atoms with Crippen LogP contribution < -0.4 is 15.4 Å². The third-order valence-electron chi connectivity index (χ3n) is 3.03. The molecule has 24 heavy (non-hydrogen) atoms. The highest BCUT2D eigenvalue weighted by Crippen LogP contribution is 2.24. The molecule has 0 unspecified atom stereocenters. The maximum Gasteiger partial charge on any atom is 0.230 e. The third kappa shape index (κ3) is 5.83. The first-order valence-corrected chi connectivity index (χ1v) is 8.33. The van der Waals surface area contributed by atoms with E-state index in [4.69, 9.17) is 28.6 Å². The molecule has 0 aliphatic carbocycles. The Morgan fingerprint density at radius 1 is 1.17 bits per heavy atom. The highest BCUT2D eigenvalue weighted by Gasteiger charge is 2.09. The van der Waals surface area contributed by atoms with Crippen LogP contribution >= 0.6 is 23.8 Å². The Hall–Kier alpha value is -2.11. The van der Waals surface area contributed by atoms with Gasteiger partial charge in [-0.15, -0.1) is 0 Å². The summed E-state index contributed by atoms with van der Waals surface area (Å²) in [6.45, 7) is 3.89. The molecular formula is C18H19ClN2O2S. The first-order chi connectivity index (χ1) is 11.4. The Balaban J connectivity index is 1.93. The molecule has 0 bridgehead atoms. The van der Waals surface area contributed by atoms with Gasteiger partial charge in [0.1, 0.15) is 5.75 Å². The molecule has 2 aromatic rings. The van der Waals surface area contributed by atoms with Crippen molar-refractivity contribution in [2.24, 2.45) is 0 Å². The van der Waals surface area contributed by atoms with E-state index in [-0.39, 0.29) is 23.5 Å². The molecule has 0 aliphatic heterocycles. The van der Waals surface area contributed by atoms with Crippen LogP contribution in [0.1, 0.15) is 19.4 Å². The van der Waals surface area contributed by atoms with E-state index in [2.05, 4.69) is 10.6 Å². The maximum atomic E-state index is 12.1. The molecule has 2 N–H and O–H groups in total. The predicted molar refractivity (Wildman–Crippen MR) is 102 cm³/mol. The van der Waals surface area contributed by atoms with Crippen LogP contribution in [0.5, 0.6) is 5.75 Å². The van der Waals surface area contributed by atoms with E-state index in [1.54, 1.807) is 12.1 Å². The molecule has 0 atom stereocenters. The standard InChI is InChI=1S/C18H19ClN2O2S/c1-12(2)23-16-6-4-3-5-15(16)20-18(24)21-17(22)11-13-7-9-14(19)10-8-13/h3-10,12H,11H2,1-2H3,(H2,20,21,22,24). The SMILES string of the molecule is CC(C)Oc1ccccc1NC(=S)NC(=O)Cc1ccc(Cl)cc1. The fourth-order valence-corrected chi connectivity index (χ4v) is 2.39. The quantitative estimate of drug-likeness (QED) is 0.783. The molecule has 4 nitrogen and oxygen atoms in total. The number of carbonyl (C=O) groups is 1. The minimum Gasteiger partial charge on any atom is -0.489 e. The fourth-order valence-electron chi connectivity index (χ4n) is 2.04. The van der Waals surface area contributed by atoms with Gasteiger partial charge in [-0.1, -0.05) is 35.9 Å². The lowest BCUT2D eigenvalue weighted by Gasteiger charge is -2.16. The number of rotatable bonds is 5. The highest BCUT2D eigenvalue weighted by atomic mass is 35.5. The van der Waals surface area contributed by atoms with Crippen LogP contribution in [0, 0.1) is 0 Å². The number of anilines is 1. The van der Waals surface area contributed by atoms with Gasteiger partial charge in [0.2, 0.25) is 5.91 Å². The molecule has 0 saturated carbocycles. The molecular weight excluding hydrogens is 344 g/mol. The Kier molecular flexibility index (Phi) is 6.58. The zero-order valence-electron chi connectivity index (χ0n) is 13.5. The van der Waals surface area contributed by atoms with Crippen molar-refractivity contribution < 1.29 is 9.53 Å². The summed E-state index contributed by atoms with van der Waals surface area (Å²) >= 11 is 11.0. The minimum atomic E-state index is -0.197. The van der Waals surface area contributed by atoms with Gasteiger partial charge in [0.25, 0.3) is 0 Å². The van der Waals surface area contributed by atoms with E-state index in [9.17, 15) is 4.79 Å². The van der Waals surface area contributed by atoms with Gasteiger partial charge in [0.15, 0.2) is 5.11 Å². The van der Waals surface area contributed by atoms with Crippen molar-refractivity contribution in [3.05, 3.63) is 59.1 Å². The van der Waals surface area contributed by atoms with Gasteiger partial charge in [-0.3, -0.25) is 4.79 Å². The van der Waals surface area contributed by atoms with Crippen molar-refractivity contribution in [2.45, 2.75) is 26.4 Å². The van der Waals surface area contributed by atoms with Gasteiger partial charge >= 0.3 is 0 Å². The number of thiocarbonyl (C=S) groups is 1. The second-order valence-corrected chi connectivity index (χ2v) is 6.31. The van der Waals surface area contributed by atoms with Crippen LogP contribution in [0.4, 0.5) is 5.69 Å². The lowest BCUT2D eigenvalue weighted by atomic mass is 10.1. The molecule has 0 heterocycles. The monoisotopic (exact) mass is 362 g/mol. The molecule has 0 saturated heterocycles. The molecule has 2 rings (SSSR count). The van der Waals surface area contributed by atoms with Crippen LogP contribution in [-0.2, 0) is 11.2 Å². The number of ether oxygens (including phenoxy) is 1. The molecule has 0 aliphatic rings. The van der Waals surface area contributed by atoms with Crippen LogP contribution in [0.15, 0.2) is 48.5 Å². The van der Waals surface area contributed by atoms with Crippen molar-refractivity contribution >= 4 is 40.5 Å². The van der Waals surface area contributed by atoms with Gasteiger partial charge in [0.05, 0.1) is 18.2 Å². The maximum absolute atomic E-state index is 12.1. The Morgan fingerprint density at radius 3 is 2.50 bits per heavy atom. The van der Waals surface area contributed by atoms with Gasteiger partial charge in [0, 0.05) is 5.02 Å². The van der Waals surface area contributed by atoms with E-state index in [0.717, 1.165) is 5.56 Å². The summed E-state index contributed by atoms with van der Waals surface area (Å²) in [5.74, 6) is 0.485. The first-order valence-electron chi connectivity index (χ1n) is 7.55. The summed E-state index contributed by atoms with van der Waals surface area (Å²) in [7, 11) is 0. The van der Waals surface area contributed by atoms with Crippen molar-refractivity contribution in [2.75, 3.05) is 5.32 Å². The number of hydrogen-bond acceptors (Lipinski definition) is 3. The van der Waals surface area contributed by atoms with Crippen molar-refractivity contribution in [3.8, 4) is 5.75 Å². The molecule has 1 amide bonds. The summed E-state index contributed by atoms with van der Waals surface area (Å²) in [6, 6.07) is 14.6. The number of nitrogens with one attached hydrogen (secondary N) is 2. The highest BCUT2D eigenvalue weighted by molar-refractivity contribution is 7.80. The lowest BCUT2D eigenvalue weighted by Crippen LogP contribution is -2.35. The average Bonchev–Trinajstić information content (AvgIpc) is 2.51. The summed E-state index contributed by atoms with van der Waals surface area (Å²) < 4.78 is 5.71. The largest absolute Gasteiger partial charge is 0.489 e. The van der Waals surface area contributed by atoms with Gasteiger partial charge in [-0.2, -0.15) is 0 Å². The van der Waals surface area contributed by atoms with Crippen molar-refractivity contribution in [3.63, 3.8) is 0 Å². The summed E-state index contributed by atoms with van der Waals surface area (Å²) in [5.41, 5.74) is 1.58. The molecule has 6 heteroatoms. The van der Waals surface area contributed by atoms with E-state index >= 15 is 0 Å². The van der Waals surface area contributed by atoms with E-state index in [1.807, 2.05) is 50.2 Å². The van der Waals surface area contributed by atoms with Crippen molar-refractivity contribution in [1.29, 1.82) is 0 Å². The van der Waals surface area contributed by atoms with Crippen LogP contribution in [0.3, 0.4) is 0 Å². The van der Waals surface area contributed by atoms with Crippen LogP contribution in [-0.4, -0.2) is 17.1 Å². The van der Waals surface area contributed by atoms with Gasteiger partial charge < -0.3 is 15.4 Å². The van der Waals surface area contributed by atoms with Crippen molar-refractivity contribution in [1.82, 2.24) is 5.32 Å². The minimum absolute atomic E-state index is 0.0426. The average molecular weight is 363 g/mol. The first kappa shape index (κ1) is 18.2. The lowest BCUT2D eigenvalue weighted by molar-refractivity contribution is -0.119. The summed E-state index contributed by atoms with van der Waals surface area (Å²) in [5, 5.41) is 6.53. The molecule has 0 aromatic heterocycles. The summed E-state index contributed by atoms with van der Waals surface area (Å²) in [4.78, 5) is 12.1. The molecule has 0 radical (unpaired) electrons. The molecule has 0 fully saturated rings. The molecule has 2 aromatic carbocycles. The van der Waals surface area contributed by atoms with Gasteiger partial charge in [-0.05, 0) is 55.9 Å². The summed E-state index contributed by atoms with van der Waals surface area (Å²) in [6.07, 6.45) is 0.268. The third-order valence-corrected chi connectivity index (χ3v) is 3.48. The topological polar surface area (TPSA) is 50.4 Å². The smallest absolute Gasteiger partial charge is 0.230 e. The second kappa shape index (κ2) is 8.66.